The Hall–Kier alpha value is -3.48. The molecule has 7 heteroatoms. The molecule has 23 heavy (non-hydrogen) atoms. The van der Waals surface area contributed by atoms with Gasteiger partial charge in [0.15, 0.2) is 5.69 Å². The van der Waals surface area contributed by atoms with E-state index in [2.05, 4.69) is 9.97 Å². The molecular weight excluding hydrogens is 296 g/mol. The van der Waals surface area contributed by atoms with Crippen molar-refractivity contribution in [3.05, 3.63) is 86.3 Å². The number of hydrogen-bond donors (Lipinski definition) is 2. The summed E-state index contributed by atoms with van der Waals surface area (Å²) in [4.78, 5) is 29.8. The van der Waals surface area contributed by atoms with E-state index in [-0.39, 0.29) is 17.1 Å². The van der Waals surface area contributed by atoms with Gasteiger partial charge in [-0.3, -0.25) is 14.9 Å². The zero-order chi connectivity index (χ0) is 16.4. The third kappa shape index (κ3) is 2.67. The minimum atomic E-state index is -0.610. The van der Waals surface area contributed by atoms with E-state index in [9.17, 15) is 14.9 Å². The van der Waals surface area contributed by atoms with Crippen LogP contribution in [0.15, 0.2) is 59.4 Å². The van der Waals surface area contributed by atoms with E-state index in [1.807, 2.05) is 0 Å². The first kappa shape index (κ1) is 14.5. The van der Waals surface area contributed by atoms with Crippen LogP contribution in [-0.2, 0) is 0 Å². The number of nitrogens with two attached hydrogens (primary N) is 1. The largest absolute Gasteiger partial charge is 0.391 e. The van der Waals surface area contributed by atoms with Crippen LogP contribution < -0.4 is 11.3 Å². The van der Waals surface area contributed by atoms with Gasteiger partial charge in [0.05, 0.1) is 21.5 Å². The monoisotopic (exact) mass is 308 g/mol. The molecular formula is C16H12N4O3. The van der Waals surface area contributed by atoms with E-state index >= 15 is 0 Å². The summed E-state index contributed by atoms with van der Waals surface area (Å²) in [6.07, 6.45) is 0. The number of aromatic nitrogens is 2. The lowest BCUT2D eigenvalue weighted by Gasteiger charge is -2.05. The van der Waals surface area contributed by atoms with Crippen LogP contribution in [0.4, 0.5) is 0 Å². The van der Waals surface area contributed by atoms with Crippen molar-refractivity contribution in [2.45, 2.75) is 0 Å². The lowest BCUT2D eigenvalue weighted by Crippen LogP contribution is -2.20. The minimum absolute atomic E-state index is 0.167. The number of para-hydroxylation sites is 2. The number of fused-ring (bicyclic) bond motifs is 1. The Kier molecular flexibility index (Phi) is 3.60. The first-order valence-electron chi connectivity index (χ1n) is 6.77. The number of rotatable bonds is 3. The maximum absolute atomic E-state index is 12.2. The summed E-state index contributed by atoms with van der Waals surface area (Å²) < 4.78 is 0. The van der Waals surface area contributed by atoms with Gasteiger partial charge in [0.25, 0.3) is 5.56 Å². The van der Waals surface area contributed by atoms with Crippen molar-refractivity contribution in [3.8, 4) is 0 Å². The lowest BCUT2D eigenvalue weighted by atomic mass is 10.1. The van der Waals surface area contributed by atoms with E-state index in [0.717, 1.165) is 0 Å². The van der Waals surface area contributed by atoms with Gasteiger partial charge in [-0.25, -0.2) is 4.98 Å². The average Bonchev–Trinajstić information content (AvgIpc) is 2.55. The quantitative estimate of drug-likeness (QED) is 0.567. The molecule has 0 spiro atoms. The Morgan fingerprint density at radius 3 is 2.43 bits per heavy atom. The molecule has 0 unspecified atom stereocenters. The van der Waals surface area contributed by atoms with Gasteiger partial charge in [0, 0.05) is 0 Å². The number of hydrogen-bond acceptors (Lipinski definition) is 5. The standard InChI is InChI=1S/C16H12N4O3/c17-13(15(20(22)23)10-6-2-1-3-7-10)14-16(21)19-12-9-5-4-8-11(12)18-14/h1-9H,17H2,(H,19,21)/b15-13+. The minimum Gasteiger partial charge on any atom is -0.391 e. The second-order valence-corrected chi connectivity index (χ2v) is 4.82. The molecule has 3 aromatic rings. The summed E-state index contributed by atoms with van der Waals surface area (Å²) in [5, 5.41) is 11.4. The summed E-state index contributed by atoms with van der Waals surface area (Å²) in [6, 6.07) is 15.1. The van der Waals surface area contributed by atoms with Gasteiger partial charge in [-0.05, 0) is 24.3 Å². The van der Waals surface area contributed by atoms with Crippen LogP contribution in [0.5, 0.6) is 0 Å². The molecule has 1 aromatic heterocycles. The van der Waals surface area contributed by atoms with Crippen LogP contribution in [0.25, 0.3) is 22.4 Å². The Bertz CT molecular complexity index is 977. The van der Waals surface area contributed by atoms with E-state index in [1.54, 1.807) is 54.6 Å². The molecule has 7 nitrogen and oxygen atoms in total. The smallest absolute Gasteiger partial charge is 0.301 e. The molecule has 0 bridgehead atoms. The number of nitrogens with one attached hydrogen (secondary N) is 1. The van der Waals surface area contributed by atoms with Gasteiger partial charge in [0.1, 0.15) is 5.70 Å². The fraction of sp³-hybridized carbons (Fsp3) is 0. The molecule has 3 N–H and O–H groups in total. The van der Waals surface area contributed by atoms with Crippen LogP contribution in [0.2, 0.25) is 0 Å². The van der Waals surface area contributed by atoms with Gasteiger partial charge in [0.2, 0.25) is 0 Å². The zero-order valence-corrected chi connectivity index (χ0v) is 11.9. The number of nitrogens with zero attached hydrogens (tertiary/aromatic N) is 2. The highest BCUT2D eigenvalue weighted by Gasteiger charge is 2.23. The predicted molar refractivity (Wildman–Crippen MR) is 86.8 cm³/mol. The van der Waals surface area contributed by atoms with Crippen molar-refractivity contribution in [1.82, 2.24) is 9.97 Å². The van der Waals surface area contributed by atoms with Crippen LogP contribution in [0.1, 0.15) is 11.3 Å². The number of benzene rings is 2. The lowest BCUT2D eigenvalue weighted by molar-refractivity contribution is -0.374. The van der Waals surface area contributed by atoms with Gasteiger partial charge in [-0.1, -0.05) is 30.3 Å². The van der Waals surface area contributed by atoms with Crippen molar-refractivity contribution >= 4 is 22.4 Å². The average molecular weight is 308 g/mol. The van der Waals surface area contributed by atoms with Gasteiger partial charge in [-0.15, -0.1) is 0 Å². The highest BCUT2D eigenvalue weighted by molar-refractivity contribution is 5.85. The summed E-state index contributed by atoms with van der Waals surface area (Å²) in [7, 11) is 0. The van der Waals surface area contributed by atoms with Crippen LogP contribution in [0.3, 0.4) is 0 Å². The molecule has 0 radical (unpaired) electrons. The van der Waals surface area contributed by atoms with E-state index in [0.29, 0.717) is 16.6 Å². The van der Waals surface area contributed by atoms with Crippen molar-refractivity contribution in [3.63, 3.8) is 0 Å². The molecule has 1 heterocycles. The summed E-state index contributed by atoms with van der Waals surface area (Å²) in [5.74, 6) is 0. The SMILES string of the molecule is N/C(=C(\c1ccccc1)[N+](=O)[O-])c1nc2ccccc2[nH]c1=O. The molecule has 114 valence electrons. The van der Waals surface area contributed by atoms with Gasteiger partial charge >= 0.3 is 5.70 Å². The third-order valence-corrected chi connectivity index (χ3v) is 3.34. The summed E-state index contributed by atoms with van der Waals surface area (Å²) in [5.41, 5.74) is 5.91. The molecule has 0 atom stereocenters. The van der Waals surface area contributed by atoms with Crippen LogP contribution in [-0.4, -0.2) is 14.9 Å². The molecule has 2 aromatic carbocycles. The fourth-order valence-corrected chi connectivity index (χ4v) is 2.28. The maximum Gasteiger partial charge on any atom is 0.301 e. The van der Waals surface area contributed by atoms with E-state index < -0.39 is 10.5 Å². The first-order chi connectivity index (χ1) is 11.1. The third-order valence-electron chi connectivity index (χ3n) is 3.34. The van der Waals surface area contributed by atoms with Crippen LogP contribution >= 0.6 is 0 Å². The molecule has 0 saturated carbocycles. The van der Waals surface area contributed by atoms with E-state index in [1.165, 1.54) is 0 Å². The molecule has 0 aliphatic rings. The summed E-state index contributed by atoms with van der Waals surface area (Å²) in [6.45, 7) is 0. The molecule has 0 saturated heterocycles. The number of nitro groups is 1. The van der Waals surface area contributed by atoms with Gasteiger partial charge < -0.3 is 10.7 Å². The molecule has 0 fully saturated rings. The molecule has 0 aliphatic carbocycles. The predicted octanol–water partition coefficient (Wildman–Crippen LogP) is 1.98. The van der Waals surface area contributed by atoms with Gasteiger partial charge in [-0.2, -0.15) is 0 Å². The summed E-state index contributed by atoms with van der Waals surface area (Å²) >= 11 is 0. The first-order valence-corrected chi connectivity index (χ1v) is 6.77. The van der Waals surface area contributed by atoms with Crippen molar-refractivity contribution in [2.24, 2.45) is 5.73 Å². The normalized spacial score (nSPS) is 12.0. The van der Waals surface area contributed by atoms with Crippen molar-refractivity contribution < 1.29 is 4.92 Å². The fourth-order valence-electron chi connectivity index (χ4n) is 2.28. The highest BCUT2D eigenvalue weighted by atomic mass is 16.6. The Labute approximate surface area is 130 Å². The molecule has 3 rings (SSSR count). The van der Waals surface area contributed by atoms with Crippen molar-refractivity contribution in [1.29, 1.82) is 0 Å². The van der Waals surface area contributed by atoms with E-state index in [4.69, 9.17) is 5.73 Å². The second-order valence-electron chi connectivity index (χ2n) is 4.82. The maximum atomic E-state index is 12.2. The zero-order valence-electron chi connectivity index (χ0n) is 11.9. The van der Waals surface area contributed by atoms with Crippen molar-refractivity contribution in [2.75, 3.05) is 0 Å². The Morgan fingerprint density at radius 2 is 1.74 bits per heavy atom. The molecule has 0 amide bonds. The second kappa shape index (κ2) is 5.72. The topological polar surface area (TPSA) is 115 Å². The number of H-pyrrole nitrogens is 1. The van der Waals surface area contributed by atoms with Crippen LogP contribution in [0, 0.1) is 10.1 Å². The number of aromatic amines is 1. The molecule has 0 aliphatic heterocycles. The highest BCUT2D eigenvalue weighted by Crippen LogP contribution is 2.21. The Balaban J connectivity index is 2.28. The Morgan fingerprint density at radius 1 is 1.09 bits per heavy atom.